The van der Waals surface area contributed by atoms with E-state index in [-0.39, 0.29) is 23.7 Å². The van der Waals surface area contributed by atoms with E-state index < -0.39 is 0 Å². The summed E-state index contributed by atoms with van der Waals surface area (Å²) < 4.78 is 18.4. The van der Waals surface area contributed by atoms with Gasteiger partial charge < -0.3 is 10.1 Å². The molecule has 3 atom stereocenters. The number of carbonyl (C=O) groups excluding carboxylic acids is 1. The average Bonchev–Trinajstić information content (AvgIpc) is 3.11. The first kappa shape index (κ1) is 15.9. The molecule has 0 saturated carbocycles. The number of benzene rings is 2. The minimum Gasteiger partial charge on any atom is -0.462 e. The molecular formula is C21H20FNO2. The van der Waals surface area contributed by atoms with Crippen molar-refractivity contribution in [2.45, 2.75) is 25.3 Å². The lowest BCUT2D eigenvalue weighted by Crippen LogP contribution is -2.29. The van der Waals surface area contributed by atoms with Gasteiger partial charge in [0.15, 0.2) is 0 Å². The zero-order chi connectivity index (χ0) is 17.4. The van der Waals surface area contributed by atoms with E-state index in [0.29, 0.717) is 18.1 Å². The molecular weight excluding hydrogens is 317 g/mol. The molecule has 2 aliphatic rings. The van der Waals surface area contributed by atoms with E-state index in [2.05, 4.69) is 17.5 Å². The Morgan fingerprint density at radius 3 is 2.80 bits per heavy atom. The quantitative estimate of drug-likeness (QED) is 0.644. The second-order valence-corrected chi connectivity index (χ2v) is 6.55. The van der Waals surface area contributed by atoms with Gasteiger partial charge in [-0.15, -0.1) is 0 Å². The van der Waals surface area contributed by atoms with Gasteiger partial charge in [0.2, 0.25) is 0 Å². The molecule has 0 unspecified atom stereocenters. The van der Waals surface area contributed by atoms with Crippen molar-refractivity contribution in [1.29, 1.82) is 0 Å². The van der Waals surface area contributed by atoms with E-state index in [0.717, 1.165) is 23.2 Å². The van der Waals surface area contributed by atoms with E-state index >= 15 is 0 Å². The molecule has 0 radical (unpaired) electrons. The third kappa shape index (κ3) is 2.82. The predicted molar refractivity (Wildman–Crippen MR) is 95.2 cm³/mol. The molecule has 3 nitrogen and oxygen atoms in total. The van der Waals surface area contributed by atoms with E-state index in [9.17, 15) is 9.18 Å². The zero-order valence-corrected chi connectivity index (χ0v) is 14.0. The Bertz CT molecular complexity index is 828. The highest BCUT2D eigenvalue weighted by Crippen LogP contribution is 2.49. The Morgan fingerprint density at radius 2 is 2.04 bits per heavy atom. The Hall–Kier alpha value is -2.62. The molecule has 0 spiro atoms. The van der Waals surface area contributed by atoms with Gasteiger partial charge in [0.05, 0.1) is 18.2 Å². The van der Waals surface area contributed by atoms with Crippen LogP contribution < -0.4 is 5.32 Å². The summed E-state index contributed by atoms with van der Waals surface area (Å²) in [5, 5.41) is 3.59. The van der Waals surface area contributed by atoms with Gasteiger partial charge in [-0.05, 0) is 60.7 Å². The van der Waals surface area contributed by atoms with Crippen molar-refractivity contribution < 1.29 is 13.9 Å². The molecule has 1 N–H and O–H groups in total. The molecule has 2 aromatic rings. The smallest absolute Gasteiger partial charge is 0.338 e. The van der Waals surface area contributed by atoms with Crippen LogP contribution in [-0.2, 0) is 4.74 Å². The number of fused-ring (bicyclic) bond motifs is 3. The molecule has 2 aromatic carbocycles. The molecule has 25 heavy (non-hydrogen) atoms. The minimum atomic E-state index is -0.288. The Kier molecular flexibility index (Phi) is 4.04. The predicted octanol–water partition coefficient (Wildman–Crippen LogP) is 4.83. The Morgan fingerprint density at radius 1 is 1.24 bits per heavy atom. The van der Waals surface area contributed by atoms with Gasteiger partial charge >= 0.3 is 5.97 Å². The first-order valence-corrected chi connectivity index (χ1v) is 8.67. The van der Waals surface area contributed by atoms with Gasteiger partial charge in [0.25, 0.3) is 0 Å². The van der Waals surface area contributed by atoms with Crippen molar-refractivity contribution >= 4 is 11.7 Å². The first-order chi connectivity index (χ1) is 12.2. The number of carbonyl (C=O) groups is 1. The molecule has 1 heterocycles. The molecule has 1 aliphatic carbocycles. The van der Waals surface area contributed by atoms with Crippen LogP contribution in [0.25, 0.3) is 0 Å². The number of esters is 1. The maximum atomic E-state index is 13.3. The van der Waals surface area contributed by atoms with Crippen LogP contribution >= 0.6 is 0 Å². The summed E-state index contributed by atoms with van der Waals surface area (Å²) >= 11 is 0. The molecule has 0 bridgehead atoms. The van der Waals surface area contributed by atoms with Gasteiger partial charge in [0.1, 0.15) is 5.82 Å². The Labute approximate surface area is 146 Å². The number of rotatable bonds is 3. The lowest BCUT2D eigenvalue weighted by Gasteiger charge is -2.37. The van der Waals surface area contributed by atoms with Crippen LogP contribution in [-0.4, -0.2) is 12.6 Å². The Balaban J connectivity index is 1.71. The highest BCUT2D eigenvalue weighted by atomic mass is 19.1. The summed E-state index contributed by atoms with van der Waals surface area (Å²) in [4.78, 5) is 12.0. The highest BCUT2D eigenvalue weighted by Gasteiger charge is 2.38. The van der Waals surface area contributed by atoms with E-state index in [1.807, 2.05) is 24.3 Å². The largest absolute Gasteiger partial charge is 0.462 e. The molecule has 0 amide bonds. The second kappa shape index (κ2) is 6.36. The van der Waals surface area contributed by atoms with Crippen LogP contribution in [0.4, 0.5) is 10.1 Å². The molecule has 0 aromatic heterocycles. The van der Waals surface area contributed by atoms with Crippen molar-refractivity contribution in [3.63, 3.8) is 0 Å². The average molecular weight is 337 g/mol. The maximum absolute atomic E-state index is 13.3. The zero-order valence-electron chi connectivity index (χ0n) is 14.0. The monoisotopic (exact) mass is 337 g/mol. The molecule has 1 aliphatic heterocycles. The van der Waals surface area contributed by atoms with Crippen LogP contribution in [0.2, 0.25) is 0 Å². The molecule has 0 saturated heterocycles. The standard InChI is InChI=1S/C21H20FNO2/c1-2-25-21(24)14-8-11-19-18(12-14)16-4-3-5-17(16)20(23-19)13-6-9-15(22)10-7-13/h3-4,6-12,16-17,20,23H,2,5H2,1H3/t16-,17-,20+/m0/s1. The van der Waals surface area contributed by atoms with Crippen molar-refractivity contribution in [2.24, 2.45) is 5.92 Å². The maximum Gasteiger partial charge on any atom is 0.338 e. The van der Waals surface area contributed by atoms with E-state index in [1.165, 1.54) is 12.1 Å². The lowest BCUT2D eigenvalue weighted by atomic mass is 9.76. The molecule has 0 fully saturated rings. The number of hydrogen-bond donors (Lipinski definition) is 1. The summed E-state index contributed by atoms with van der Waals surface area (Å²) in [6.45, 7) is 2.17. The van der Waals surface area contributed by atoms with E-state index in [4.69, 9.17) is 4.74 Å². The third-order valence-corrected chi connectivity index (χ3v) is 5.10. The van der Waals surface area contributed by atoms with Crippen molar-refractivity contribution in [2.75, 3.05) is 11.9 Å². The topological polar surface area (TPSA) is 38.3 Å². The molecule has 4 rings (SSSR count). The summed E-state index contributed by atoms with van der Waals surface area (Å²) in [5.74, 6) is 0.0979. The van der Waals surface area contributed by atoms with Crippen LogP contribution in [0.5, 0.6) is 0 Å². The van der Waals surface area contributed by atoms with E-state index in [1.54, 1.807) is 13.0 Å². The van der Waals surface area contributed by atoms with Crippen molar-refractivity contribution in [3.8, 4) is 0 Å². The van der Waals surface area contributed by atoms with Crippen LogP contribution in [0.3, 0.4) is 0 Å². The third-order valence-electron chi connectivity index (χ3n) is 5.10. The van der Waals surface area contributed by atoms with Gasteiger partial charge in [0, 0.05) is 11.6 Å². The summed E-state index contributed by atoms with van der Waals surface area (Å²) in [6, 6.07) is 12.5. The fourth-order valence-corrected chi connectivity index (χ4v) is 3.94. The highest BCUT2D eigenvalue weighted by molar-refractivity contribution is 5.90. The van der Waals surface area contributed by atoms with Gasteiger partial charge in [-0.1, -0.05) is 24.3 Å². The number of hydrogen-bond acceptors (Lipinski definition) is 3. The number of allylic oxidation sites excluding steroid dienone is 2. The second-order valence-electron chi connectivity index (χ2n) is 6.55. The number of nitrogens with one attached hydrogen (secondary N) is 1. The number of anilines is 1. The molecule has 128 valence electrons. The van der Waals surface area contributed by atoms with Crippen molar-refractivity contribution in [3.05, 3.63) is 77.1 Å². The fraction of sp³-hybridized carbons (Fsp3) is 0.286. The minimum absolute atomic E-state index is 0.126. The van der Waals surface area contributed by atoms with Crippen LogP contribution in [0.15, 0.2) is 54.6 Å². The molecule has 4 heteroatoms. The normalized spacial score (nSPS) is 23.5. The first-order valence-electron chi connectivity index (χ1n) is 8.67. The van der Waals surface area contributed by atoms with Gasteiger partial charge in [-0.2, -0.15) is 0 Å². The fourth-order valence-electron chi connectivity index (χ4n) is 3.94. The summed E-state index contributed by atoms with van der Waals surface area (Å²) in [7, 11) is 0. The van der Waals surface area contributed by atoms with Gasteiger partial charge in [-0.25, -0.2) is 9.18 Å². The lowest BCUT2D eigenvalue weighted by molar-refractivity contribution is 0.0526. The summed E-state index contributed by atoms with van der Waals surface area (Å²) in [6.07, 6.45) is 5.37. The summed E-state index contributed by atoms with van der Waals surface area (Å²) in [5.41, 5.74) is 3.82. The van der Waals surface area contributed by atoms with Crippen molar-refractivity contribution in [1.82, 2.24) is 0 Å². The number of ether oxygens (including phenoxy) is 1. The van der Waals surface area contributed by atoms with Gasteiger partial charge in [-0.3, -0.25) is 0 Å². The number of halogens is 1. The van der Waals surface area contributed by atoms with Crippen LogP contribution in [0, 0.1) is 11.7 Å². The SMILES string of the molecule is CCOC(=O)c1ccc2c(c1)[C@H]1C=CC[C@@H]1[C@@H](c1ccc(F)cc1)N2. The van der Waals surface area contributed by atoms with Crippen LogP contribution in [0.1, 0.15) is 46.8 Å².